The lowest BCUT2D eigenvalue weighted by molar-refractivity contribution is -0.115. The van der Waals surface area contributed by atoms with Crippen molar-refractivity contribution in [2.45, 2.75) is 0 Å². The summed E-state index contributed by atoms with van der Waals surface area (Å²) in [6.07, 6.45) is 2.99. The molecule has 0 aliphatic carbocycles. The number of hydrogen-bond donors (Lipinski definition) is 3. The van der Waals surface area contributed by atoms with Crippen LogP contribution in [0.2, 0.25) is 0 Å². The number of anilines is 1. The van der Waals surface area contributed by atoms with Gasteiger partial charge in [-0.15, -0.1) is 0 Å². The van der Waals surface area contributed by atoms with Crippen LogP contribution in [-0.2, 0) is 4.79 Å². The predicted molar refractivity (Wildman–Crippen MR) is 81.5 cm³/mol. The maximum absolute atomic E-state index is 12.0. The maximum Gasteiger partial charge on any atom is 0.273 e. The normalized spacial score (nSPS) is 10.3. The van der Waals surface area contributed by atoms with E-state index in [1.54, 1.807) is 0 Å². The van der Waals surface area contributed by atoms with E-state index in [1.807, 2.05) is 30.3 Å². The molecule has 8 nitrogen and oxygen atoms in total. The summed E-state index contributed by atoms with van der Waals surface area (Å²) < 4.78 is 5.14. The first-order valence-electron chi connectivity index (χ1n) is 6.81. The minimum Gasteiger partial charge on any atom is -0.355 e. The highest BCUT2D eigenvalue weighted by Gasteiger charge is 2.14. The van der Waals surface area contributed by atoms with Gasteiger partial charge in [-0.1, -0.05) is 35.5 Å². The smallest absolute Gasteiger partial charge is 0.273 e. The highest BCUT2D eigenvalue weighted by Crippen LogP contribution is 2.19. The van der Waals surface area contributed by atoms with E-state index in [2.05, 4.69) is 26.0 Å². The molecule has 0 saturated heterocycles. The van der Waals surface area contributed by atoms with Gasteiger partial charge in [0.15, 0.2) is 11.5 Å². The van der Waals surface area contributed by atoms with Crippen LogP contribution < -0.4 is 10.6 Å². The van der Waals surface area contributed by atoms with Crippen LogP contribution in [0, 0.1) is 0 Å². The van der Waals surface area contributed by atoms with Crippen LogP contribution in [-0.4, -0.2) is 33.7 Å². The first kappa shape index (κ1) is 14.5. The third-order valence-electron chi connectivity index (χ3n) is 2.99. The number of benzene rings is 1. The van der Waals surface area contributed by atoms with Crippen molar-refractivity contribution in [1.29, 1.82) is 0 Å². The molecule has 0 fully saturated rings. The zero-order valence-electron chi connectivity index (χ0n) is 11.9. The molecule has 0 aliphatic rings. The Morgan fingerprint density at radius 3 is 2.78 bits per heavy atom. The van der Waals surface area contributed by atoms with Crippen molar-refractivity contribution in [2.75, 3.05) is 11.9 Å². The standard InChI is InChI=1S/C15H13N5O3/c21-14(19-11-7-17-18-8-11)9-16-15(22)12-6-13(23-20-12)10-4-2-1-3-5-10/h1-8H,9H2,(H,16,22)(H,17,18)(H,19,21). The van der Waals surface area contributed by atoms with Gasteiger partial charge in [-0.2, -0.15) is 5.10 Å². The van der Waals surface area contributed by atoms with Crippen LogP contribution in [0.5, 0.6) is 0 Å². The van der Waals surface area contributed by atoms with E-state index in [0.717, 1.165) is 5.56 Å². The number of hydrogen-bond acceptors (Lipinski definition) is 5. The lowest BCUT2D eigenvalue weighted by atomic mass is 10.1. The van der Waals surface area contributed by atoms with E-state index >= 15 is 0 Å². The quantitative estimate of drug-likeness (QED) is 0.660. The van der Waals surface area contributed by atoms with Gasteiger partial charge in [0, 0.05) is 17.8 Å². The Kier molecular flexibility index (Phi) is 4.14. The molecule has 3 aromatic rings. The number of amides is 2. The number of aromatic nitrogens is 3. The van der Waals surface area contributed by atoms with Crippen LogP contribution in [0.1, 0.15) is 10.5 Å². The monoisotopic (exact) mass is 311 g/mol. The molecule has 0 aliphatic heterocycles. The Morgan fingerprint density at radius 1 is 1.22 bits per heavy atom. The van der Waals surface area contributed by atoms with Gasteiger partial charge in [0.2, 0.25) is 5.91 Å². The fraction of sp³-hybridized carbons (Fsp3) is 0.0667. The summed E-state index contributed by atoms with van der Waals surface area (Å²) in [5, 5.41) is 15.0. The predicted octanol–water partition coefficient (Wildman–Crippen LogP) is 1.43. The van der Waals surface area contributed by atoms with Gasteiger partial charge in [-0.05, 0) is 0 Å². The summed E-state index contributed by atoms with van der Waals surface area (Å²) in [4.78, 5) is 23.6. The van der Waals surface area contributed by atoms with E-state index in [4.69, 9.17) is 4.52 Å². The molecule has 0 saturated carbocycles. The van der Waals surface area contributed by atoms with Crippen LogP contribution >= 0.6 is 0 Å². The molecule has 0 atom stereocenters. The van der Waals surface area contributed by atoms with Crippen molar-refractivity contribution in [2.24, 2.45) is 0 Å². The van der Waals surface area contributed by atoms with E-state index in [0.29, 0.717) is 11.4 Å². The van der Waals surface area contributed by atoms with Crippen LogP contribution in [0.4, 0.5) is 5.69 Å². The van der Waals surface area contributed by atoms with Crippen molar-refractivity contribution in [1.82, 2.24) is 20.7 Å². The van der Waals surface area contributed by atoms with Crippen molar-refractivity contribution < 1.29 is 14.1 Å². The summed E-state index contributed by atoms with van der Waals surface area (Å²) in [7, 11) is 0. The first-order chi connectivity index (χ1) is 11.2. The average molecular weight is 311 g/mol. The Bertz CT molecular complexity index is 796. The lowest BCUT2D eigenvalue weighted by Gasteiger charge is -2.03. The van der Waals surface area contributed by atoms with Crippen LogP contribution in [0.25, 0.3) is 11.3 Å². The minimum atomic E-state index is -0.488. The maximum atomic E-state index is 12.0. The summed E-state index contributed by atoms with van der Waals surface area (Å²) in [6, 6.07) is 10.8. The van der Waals surface area contributed by atoms with Crippen molar-refractivity contribution in [3.8, 4) is 11.3 Å². The molecular formula is C15H13N5O3. The number of rotatable bonds is 5. The number of carbonyl (C=O) groups is 2. The van der Waals surface area contributed by atoms with Crippen molar-refractivity contribution >= 4 is 17.5 Å². The topological polar surface area (TPSA) is 113 Å². The summed E-state index contributed by atoms with van der Waals surface area (Å²) in [5.41, 5.74) is 1.45. The number of nitrogens with one attached hydrogen (secondary N) is 3. The number of nitrogens with zero attached hydrogens (tertiary/aromatic N) is 2. The van der Waals surface area contributed by atoms with Gasteiger partial charge in [0.1, 0.15) is 0 Å². The lowest BCUT2D eigenvalue weighted by Crippen LogP contribution is -2.32. The van der Waals surface area contributed by atoms with Crippen molar-refractivity contribution in [3.05, 3.63) is 54.5 Å². The van der Waals surface area contributed by atoms with Gasteiger partial charge >= 0.3 is 0 Å². The average Bonchev–Trinajstić information content (AvgIpc) is 3.25. The largest absolute Gasteiger partial charge is 0.355 e. The second kappa shape index (κ2) is 6.56. The summed E-state index contributed by atoms with van der Waals surface area (Å²) in [6.45, 7) is -0.183. The van der Waals surface area contributed by atoms with E-state index in [1.165, 1.54) is 18.5 Å². The molecule has 3 rings (SSSR count). The molecule has 0 radical (unpaired) electrons. The Morgan fingerprint density at radius 2 is 2.04 bits per heavy atom. The highest BCUT2D eigenvalue weighted by molar-refractivity contribution is 5.98. The van der Waals surface area contributed by atoms with Gasteiger partial charge in [-0.25, -0.2) is 0 Å². The van der Waals surface area contributed by atoms with E-state index in [9.17, 15) is 9.59 Å². The van der Waals surface area contributed by atoms with Gasteiger partial charge in [0.25, 0.3) is 5.91 Å². The minimum absolute atomic E-state index is 0.111. The molecule has 0 unspecified atom stereocenters. The molecule has 3 N–H and O–H groups in total. The fourth-order valence-electron chi connectivity index (χ4n) is 1.90. The van der Waals surface area contributed by atoms with Crippen molar-refractivity contribution in [3.63, 3.8) is 0 Å². The highest BCUT2D eigenvalue weighted by atomic mass is 16.5. The molecule has 0 spiro atoms. The zero-order valence-corrected chi connectivity index (χ0v) is 11.9. The molecule has 8 heteroatoms. The van der Waals surface area contributed by atoms with Gasteiger partial charge in [-0.3, -0.25) is 14.7 Å². The number of aromatic amines is 1. The Balaban J connectivity index is 1.56. The molecule has 1 aromatic carbocycles. The van der Waals surface area contributed by atoms with Gasteiger partial charge in [0.05, 0.1) is 18.4 Å². The first-order valence-corrected chi connectivity index (χ1v) is 6.81. The molecule has 2 heterocycles. The summed E-state index contributed by atoms with van der Waals surface area (Å²) >= 11 is 0. The molecule has 0 bridgehead atoms. The molecular weight excluding hydrogens is 298 g/mol. The zero-order chi connectivity index (χ0) is 16.1. The summed E-state index contributed by atoms with van der Waals surface area (Å²) in [5.74, 6) is -0.372. The molecule has 23 heavy (non-hydrogen) atoms. The second-order valence-electron chi connectivity index (χ2n) is 4.66. The molecule has 2 aromatic heterocycles. The third-order valence-corrected chi connectivity index (χ3v) is 2.99. The van der Waals surface area contributed by atoms with E-state index < -0.39 is 5.91 Å². The van der Waals surface area contributed by atoms with Crippen LogP contribution in [0.15, 0.2) is 53.3 Å². The SMILES string of the molecule is O=C(CNC(=O)c1cc(-c2ccccc2)on1)Nc1cn[nH]c1. The molecule has 116 valence electrons. The number of H-pyrrole nitrogens is 1. The number of carbonyl (C=O) groups excluding carboxylic acids is 2. The fourth-order valence-corrected chi connectivity index (χ4v) is 1.90. The Hall–Kier alpha value is -3.42. The second-order valence-corrected chi connectivity index (χ2v) is 4.66. The van der Waals surface area contributed by atoms with E-state index in [-0.39, 0.29) is 18.1 Å². The third kappa shape index (κ3) is 3.62. The van der Waals surface area contributed by atoms with Crippen LogP contribution in [0.3, 0.4) is 0 Å². The van der Waals surface area contributed by atoms with Gasteiger partial charge < -0.3 is 15.2 Å². The Labute approximate surface area is 130 Å². The molecule has 2 amide bonds.